The van der Waals surface area contributed by atoms with Gasteiger partial charge < -0.3 is 14.8 Å². The molecule has 0 bridgehead atoms. The molecule has 1 fully saturated rings. The van der Waals surface area contributed by atoms with Crippen LogP contribution in [0, 0.1) is 5.41 Å². The molecule has 1 aromatic rings. The molecule has 0 aromatic heterocycles. The van der Waals surface area contributed by atoms with Gasteiger partial charge >= 0.3 is 5.97 Å². The van der Waals surface area contributed by atoms with Crippen LogP contribution in [0.1, 0.15) is 84.1 Å². The minimum absolute atomic E-state index is 0.0334. The molecule has 5 heteroatoms. The van der Waals surface area contributed by atoms with Crippen molar-refractivity contribution in [2.75, 3.05) is 6.61 Å². The van der Waals surface area contributed by atoms with Crippen molar-refractivity contribution >= 4 is 11.8 Å². The summed E-state index contributed by atoms with van der Waals surface area (Å²) in [6, 6.07) is 7.77. The van der Waals surface area contributed by atoms with Crippen LogP contribution >= 0.6 is 0 Å². The van der Waals surface area contributed by atoms with Crippen LogP contribution in [0.5, 0.6) is 5.75 Å². The van der Waals surface area contributed by atoms with Crippen LogP contribution < -0.4 is 10.1 Å². The molecule has 1 aromatic carbocycles. The van der Waals surface area contributed by atoms with Gasteiger partial charge in [0.15, 0.2) is 5.78 Å². The summed E-state index contributed by atoms with van der Waals surface area (Å²) in [7, 11) is 0. The summed E-state index contributed by atoms with van der Waals surface area (Å²) >= 11 is 0. The fourth-order valence-corrected chi connectivity index (χ4v) is 5.36. The molecule has 0 unspecified atom stereocenters. The molecule has 0 radical (unpaired) electrons. The summed E-state index contributed by atoms with van der Waals surface area (Å²) < 4.78 is 11.6. The lowest BCUT2D eigenvalue weighted by Crippen LogP contribution is -2.39. The van der Waals surface area contributed by atoms with Crippen molar-refractivity contribution in [2.45, 2.75) is 84.7 Å². The van der Waals surface area contributed by atoms with Crippen LogP contribution in [0.15, 0.2) is 46.8 Å². The number of rotatable bonds is 5. The number of allylic oxidation sites excluding steroid dienone is 3. The highest BCUT2D eigenvalue weighted by atomic mass is 16.5. The highest BCUT2D eigenvalue weighted by molar-refractivity contribution is 6.04. The van der Waals surface area contributed by atoms with Gasteiger partial charge in [0.05, 0.1) is 12.2 Å². The molecule has 172 valence electrons. The average molecular weight is 438 g/mol. The minimum Gasteiger partial charge on any atom is -0.494 e. The molecule has 32 heavy (non-hydrogen) atoms. The molecule has 1 N–H and O–H groups in total. The molecule has 2 aliphatic carbocycles. The van der Waals surface area contributed by atoms with Crippen LogP contribution in [0.3, 0.4) is 0 Å². The van der Waals surface area contributed by atoms with Gasteiger partial charge in [-0.25, -0.2) is 4.79 Å². The topological polar surface area (TPSA) is 64.6 Å². The lowest BCUT2D eigenvalue weighted by Gasteiger charge is -2.39. The normalized spacial score (nSPS) is 23.5. The van der Waals surface area contributed by atoms with Crippen LogP contribution in [0.4, 0.5) is 0 Å². The SMILES string of the molecule is CCOc1ccc([C@@H]2C(C(=O)OC3CCCCC3)=C(C)NC3=C2C(=O)CC(C)(C)C3)cc1. The van der Waals surface area contributed by atoms with E-state index in [1.54, 1.807) is 0 Å². The Labute approximate surface area is 191 Å². The number of hydrogen-bond donors (Lipinski definition) is 1. The van der Waals surface area contributed by atoms with Crippen molar-refractivity contribution in [3.05, 3.63) is 52.4 Å². The molecule has 0 saturated heterocycles. The number of carbonyl (C=O) groups excluding carboxylic acids is 2. The first-order valence-corrected chi connectivity index (χ1v) is 12.0. The Morgan fingerprint density at radius 1 is 1.09 bits per heavy atom. The van der Waals surface area contributed by atoms with E-state index in [1.165, 1.54) is 6.42 Å². The van der Waals surface area contributed by atoms with Gasteiger partial charge in [-0.05, 0) is 69.1 Å². The number of dihydropyridines is 1. The lowest BCUT2D eigenvalue weighted by atomic mass is 9.68. The van der Waals surface area contributed by atoms with Gasteiger partial charge in [-0.1, -0.05) is 32.4 Å². The second-order valence-electron chi connectivity index (χ2n) is 10.1. The summed E-state index contributed by atoms with van der Waals surface area (Å²) in [5, 5.41) is 3.42. The van der Waals surface area contributed by atoms with E-state index in [9.17, 15) is 9.59 Å². The van der Waals surface area contributed by atoms with Gasteiger partial charge in [-0.15, -0.1) is 0 Å². The molecule has 3 aliphatic rings. The molecule has 0 spiro atoms. The Morgan fingerprint density at radius 2 is 1.78 bits per heavy atom. The molecular formula is C27H35NO4. The lowest BCUT2D eigenvalue weighted by molar-refractivity contribution is -0.146. The number of esters is 1. The number of hydrogen-bond acceptors (Lipinski definition) is 5. The van der Waals surface area contributed by atoms with E-state index >= 15 is 0 Å². The van der Waals surface area contributed by atoms with E-state index in [2.05, 4.69) is 19.2 Å². The number of benzene rings is 1. The molecule has 5 nitrogen and oxygen atoms in total. The Morgan fingerprint density at radius 3 is 2.44 bits per heavy atom. The highest BCUT2D eigenvalue weighted by Crippen LogP contribution is 2.47. The Hall–Kier alpha value is -2.56. The van der Waals surface area contributed by atoms with Crippen molar-refractivity contribution in [3.8, 4) is 5.75 Å². The summed E-state index contributed by atoms with van der Waals surface area (Å²) in [4.78, 5) is 26.8. The molecule has 1 saturated carbocycles. The third-order valence-corrected chi connectivity index (χ3v) is 6.81. The van der Waals surface area contributed by atoms with Gasteiger partial charge in [0.25, 0.3) is 0 Å². The predicted octanol–water partition coefficient (Wildman–Crippen LogP) is 5.57. The first-order valence-electron chi connectivity index (χ1n) is 12.0. The van der Waals surface area contributed by atoms with Gasteiger partial charge in [0, 0.05) is 29.3 Å². The zero-order valence-corrected chi connectivity index (χ0v) is 19.8. The van der Waals surface area contributed by atoms with E-state index in [0.717, 1.165) is 60.4 Å². The molecule has 0 amide bonds. The number of Topliss-reactive ketones (excluding diaryl/α,β-unsaturated/α-hetero) is 1. The Kier molecular flexibility index (Phi) is 6.45. The summed E-state index contributed by atoms with van der Waals surface area (Å²) in [6.07, 6.45) is 6.45. The third-order valence-electron chi connectivity index (χ3n) is 6.81. The smallest absolute Gasteiger partial charge is 0.337 e. The average Bonchev–Trinajstić information content (AvgIpc) is 2.73. The van der Waals surface area contributed by atoms with Crippen molar-refractivity contribution < 1.29 is 19.1 Å². The van der Waals surface area contributed by atoms with Crippen molar-refractivity contribution in [3.63, 3.8) is 0 Å². The van der Waals surface area contributed by atoms with Gasteiger partial charge in [-0.2, -0.15) is 0 Å². The number of ketones is 1. The van der Waals surface area contributed by atoms with Crippen LogP contribution in [-0.4, -0.2) is 24.5 Å². The molecular weight excluding hydrogens is 402 g/mol. The Bertz CT molecular complexity index is 948. The molecule has 4 rings (SSSR count). The second kappa shape index (κ2) is 9.13. The maximum atomic E-state index is 13.5. The number of ether oxygens (including phenoxy) is 2. The zero-order chi connectivity index (χ0) is 22.9. The quantitative estimate of drug-likeness (QED) is 0.611. The first-order chi connectivity index (χ1) is 15.3. The van der Waals surface area contributed by atoms with Gasteiger partial charge in [-0.3, -0.25) is 4.79 Å². The van der Waals surface area contributed by atoms with Crippen molar-refractivity contribution in [1.82, 2.24) is 5.32 Å². The Balaban J connectivity index is 1.73. The van der Waals surface area contributed by atoms with Crippen LogP contribution in [-0.2, 0) is 14.3 Å². The third kappa shape index (κ3) is 4.62. The number of carbonyl (C=O) groups is 2. The molecule has 1 heterocycles. The monoisotopic (exact) mass is 437 g/mol. The van der Waals surface area contributed by atoms with Crippen molar-refractivity contribution in [2.24, 2.45) is 5.41 Å². The van der Waals surface area contributed by atoms with E-state index in [0.29, 0.717) is 18.6 Å². The summed E-state index contributed by atoms with van der Waals surface area (Å²) in [5.41, 5.74) is 3.82. The second-order valence-corrected chi connectivity index (χ2v) is 10.1. The van der Waals surface area contributed by atoms with Gasteiger partial charge in [0.2, 0.25) is 0 Å². The zero-order valence-electron chi connectivity index (χ0n) is 19.8. The fraction of sp³-hybridized carbons (Fsp3) is 0.556. The van der Waals surface area contributed by atoms with E-state index < -0.39 is 5.92 Å². The standard InChI is InChI=1S/C27H35NO4/c1-5-31-19-13-11-18(12-14-19)24-23(26(30)32-20-9-7-6-8-10-20)17(2)28-21-15-27(3,4)16-22(29)25(21)24/h11-14,20,24,28H,5-10,15-16H2,1-4H3/t24-/m1/s1. The van der Waals surface area contributed by atoms with Crippen LogP contribution in [0.25, 0.3) is 0 Å². The highest BCUT2D eigenvalue weighted by Gasteiger charge is 2.43. The maximum absolute atomic E-state index is 13.5. The first kappa shape index (κ1) is 22.6. The van der Waals surface area contributed by atoms with Crippen molar-refractivity contribution in [1.29, 1.82) is 0 Å². The summed E-state index contributed by atoms with van der Waals surface area (Å²) in [6.45, 7) is 8.70. The minimum atomic E-state index is -0.415. The number of nitrogens with one attached hydrogen (secondary N) is 1. The molecule has 1 atom stereocenters. The van der Waals surface area contributed by atoms with Crippen LogP contribution in [0.2, 0.25) is 0 Å². The predicted molar refractivity (Wildman–Crippen MR) is 124 cm³/mol. The van der Waals surface area contributed by atoms with E-state index in [4.69, 9.17) is 9.47 Å². The van der Waals surface area contributed by atoms with Gasteiger partial charge in [0.1, 0.15) is 11.9 Å². The van der Waals surface area contributed by atoms with E-state index in [1.807, 2.05) is 38.1 Å². The van der Waals surface area contributed by atoms with E-state index in [-0.39, 0.29) is 23.3 Å². The molecule has 1 aliphatic heterocycles. The summed E-state index contributed by atoms with van der Waals surface area (Å²) in [5.74, 6) is 0.173. The largest absolute Gasteiger partial charge is 0.494 e. The fourth-order valence-electron chi connectivity index (χ4n) is 5.36. The maximum Gasteiger partial charge on any atom is 0.337 e.